The lowest BCUT2D eigenvalue weighted by Gasteiger charge is -2.18. The third-order valence-corrected chi connectivity index (χ3v) is 4.44. The zero-order chi connectivity index (χ0) is 16.2. The van der Waals surface area contributed by atoms with Crippen molar-refractivity contribution >= 4 is 39.1 Å². The summed E-state index contributed by atoms with van der Waals surface area (Å²) in [6.07, 6.45) is 0.645. The highest BCUT2D eigenvalue weighted by molar-refractivity contribution is 7.89. The zero-order valence-electron chi connectivity index (χ0n) is 11.6. The molecule has 0 aliphatic carbocycles. The normalized spacial score (nSPS) is 11.5. The second kappa shape index (κ2) is 7.42. The molecule has 0 radical (unpaired) electrons. The Labute approximate surface area is 133 Å². The Hall–Kier alpha value is -0.860. The number of nitrogens with zero attached hydrogens (tertiary/aromatic N) is 1. The molecule has 0 fully saturated rings. The van der Waals surface area contributed by atoms with Gasteiger partial charge in [-0.3, -0.25) is 4.79 Å². The number of ether oxygens (including phenoxy) is 1. The van der Waals surface area contributed by atoms with Crippen LogP contribution in [0.15, 0.2) is 17.0 Å². The molecule has 0 bridgehead atoms. The van der Waals surface area contributed by atoms with E-state index in [-0.39, 0.29) is 20.5 Å². The molecule has 21 heavy (non-hydrogen) atoms. The van der Waals surface area contributed by atoms with Gasteiger partial charge in [-0.25, -0.2) is 13.6 Å². The average molecular weight is 355 g/mol. The first-order valence-electron chi connectivity index (χ1n) is 5.94. The van der Waals surface area contributed by atoms with Crippen molar-refractivity contribution in [3.63, 3.8) is 0 Å². The number of hydrogen-bond acceptors (Lipinski definition) is 4. The lowest BCUT2D eigenvalue weighted by Crippen LogP contribution is -2.29. The van der Waals surface area contributed by atoms with E-state index in [2.05, 4.69) is 0 Å². The van der Waals surface area contributed by atoms with Gasteiger partial charge in [-0.2, -0.15) is 0 Å². The summed E-state index contributed by atoms with van der Waals surface area (Å²) >= 11 is 11.7. The van der Waals surface area contributed by atoms with Crippen molar-refractivity contribution in [2.75, 3.05) is 27.3 Å². The molecule has 0 atom stereocenters. The van der Waals surface area contributed by atoms with Crippen molar-refractivity contribution in [3.05, 3.63) is 27.7 Å². The van der Waals surface area contributed by atoms with Gasteiger partial charge in [0, 0.05) is 27.3 Å². The van der Waals surface area contributed by atoms with E-state index in [1.807, 2.05) is 0 Å². The van der Waals surface area contributed by atoms with Gasteiger partial charge in [0.25, 0.3) is 5.91 Å². The minimum absolute atomic E-state index is 0.0324. The van der Waals surface area contributed by atoms with Crippen LogP contribution in [0.4, 0.5) is 0 Å². The number of nitrogens with two attached hydrogens (primary N) is 1. The maximum Gasteiger partial charge on any atom is 0.255 e. The zero-order valence-corrected chi connectivity index (χ0v) is 13.9. The minimum Gasteiger partial charge on any atom is -0.385 e. The van der Waals surface area contributed by atoms with Gasteiger partial charge >= 0.3 is 0 Å². The Morgan fingerprint density at radius 3 is 2.48 bits per heavy atom. The monoisotopic (exact) mass is 354 g/mol. The van der Waals surface area contributed by atoms with Crippen molar-refractivity contribution in [1.29, 1.82) is 0 Å². The first kappa shape index (κ1) is 18.2. The van der Waals surface area contributed by atoms with Crippen molar-refractivity contribution < 1.29 is 17.9 Å². The summed E-state index contributed by atoms with van der Waals surface area (Å²) in [5.41, 5.74) is 0.0324. The number of halogens is 2. The first-order chi connectivity index (χ1) is 9.68. The van der Waals surface area contributed by atoms with Gasteiger partial charge in [0.2, 0.25) is 10.0 Å². The third-order valence-electron chi connectivity index (χ3n) is 2.75. The van der Waals surface area contributed by atoms with E-state index in [4.69, 9.17) is 33.1 Å². The topological polar surface area (TPSA) is 89.7 Å². The number of carbonyl (C=O) groups is 1. The fraction of sp³-hybridized carbons (Fsp3) is 0.417. The fourth-order valence-corrected chi connectivity index (χ4v) is 3.06. The molecule has 1 aromatic rings. The maximum absolute atomic E-state index is 12.3. The molecular weight excluding hydrogens is 339 g/mol. The fourth-order valence-electron chi connectivity index (χ4n) is 1.66. The van der Waals surface area contributed by atoms with Crippen LogP contribution in [-0.2, 0) is 14.8 Å². The predicted octanol–water partition coefficient (Wildman–Crippen LogP) is 1.75. The van der Waals surface area contributed by atoms with Crippen LogP contribution in [0.2, 0.25) is 10.0 Å². The summed E-state index contributed by atoms with van der Waals surface area (Å²) in [4.78, 5) is 13.4. The van der Waals surface area contributed by atoms with Gasteiger partial charge < -0.3 is 9.64 Å². The molecule has 0 aromatic heterocycles. The van der Waals surface area contributed by atoms with Gasteiger partial charge in [-0.15, -0.1) is 0 Å². The van der Waals surface area contributed by atoms with Crippen LogP contribution in [0.3, 0.4) is 0 Å². The third kappa shape index (κ3) is 4.82. The van der Waals surface area contributed by atoms with Gasteiger partial charge in [0.15, 0.2) is 0 Å². The molecule has 0 saturated heterocycles. The molecule has 0 aliphatic rings. The highest BCUT2D eigenvalue weighted by Crippen LogP contribution is 2.28. The number of amides is 1. The Morgan fingerprint density at radius 2 is 1.95 bits per heavy atom. The lowest BCUT2D eigenvalue weighted by molar-refractivity contribution is 0.0779. The quantitative estimate of drug-likeness (QED) is 0.788. The summed E-state index contributed by atoms with van der Waals surface area (Å²) < 4.78 is 27.8. The second-order valence-electron chi connectivity index (χ2n) is 4.38. The summed E-state index contributed by atoms with van der Waals surface area (Å²) in [5, 5.41) is 5.00. The van der Waals surface area contributed by atoms with Crippen molar-refractivity contribution in [3.8, 4) is 0 Å². The Bertz CT molecular complexity index is 634. The molecule has 0 heterocycles. The maximum atomic E-state index is 12.3. The SMILES string of the molecule is COCCCN(C)C(=O)c1cc(S(N)(=O)=O)c(Cl)cc1Cl. The molecule has 118 valence electrons. The van der Waals surface area contributed by atoms with Crippen molar-refractivity contribution in [2.45, 2.75) is 11.3 Å². The van der Waals surface area contributed by atoms with Crippen LogP contribution in [0.25, 0.3) is 0 Å². The van der Waals surface area contributed by atoms with E-state index in [1.165, 1.54) is 11.0 Å². The molecule has 2 N–H and O–H groups in total. The van der Waals surface area contributed by atoms with Gasteiger partial charge in [-0.05, 0) is 18.6 Å². The van der Waals surface area contributed by atoms with Crippen LogP contribution in [0.5, 0.6) is 0 Å². The number of carbonyl (C=O) groups excluding carboxylic acids is 1. The van der Waals surface area contributed by atoms with Crippen LogP contribution < -0.4 is 5.14 Å². The van der Waals surface area contributed by atoms with Crippen LogP contribution >= 0.6 is 23.2 Å². The lowest BCUT2D eigenvalue weighted by atomic mass is 10.2. The summed E-state index contributed by atoms with van der Waals surface area (Å²) in [6, 6.07) is 2.29. The predicted molar refractivity (Wildman–Crippen MR) is 81.3 cm³/mol. The van der Waals surface area contributed by atoms with E-state index in [9.17, 15) is 13.2 Å². The summed E-state index contributed by atoms with van der Waals surface area (Å²) in [7, 11) is -0.886. The molecule has 0 unspecified atom stereocenters. The van der Waals surface area contributed by atoms with E-state index in [1.54, 1.807) is 14.2 Å². The van der Waals surface area contributed by atoms with E-state index >= 15 is 0 Å². The Balaban J connectivity index is 3.10. The number of sulfonamides is 1. The van der Waals surface area contributed by atoms with E-state index < -0.39 is 15.9 Å². The first-order valence-corrected chi connectivity index (χ1v) is 8.25. The minimum atomic E-state index is -4.03. The van der Waals surface area contributed by atoms with Gasteiger partial charge in [0.05, 0.1) is 15.6 Å². The number of hydrogen-bond donors (Lipinski definition) is 1. The standard InChI is InChI=1S/C12H16Cl2N2O4S/c1-16(4-3-5-20-2)12(17)8-6-11(21(15,18)19)10(14)7-9(8)13/h6-7H,3-5H2,1-2H3,(H2,15,18,19). The molecule has 0 spiro atoms. The van der Waals surface area contributed by atoms with Crippen molar-refractivity contribution in [1.82, 2.24) is 4.90 Å². The Morgan fingerprint density at radius 1 is 1.33 bits per heavy atom. The summed E-state index contributed by atoms with van der Waals surface area (Å²) in [5.74, 6) is -0.419. The van der Waals surface area contributed by atoms with Crippen molar-refractivity contribution in [2.24, 2.45) is 5.14 Å². The molecule has 1 amide bonds. The smallest absolute Gasteiger partial charge is 0.255 e. The molecule has 9 heteroatoms. The van der Waals surface area contributed by atoms with Gasteiger partial charge in [-0.1, -0.05) is 23.2 Å². The molecular formula is C12H16Cl2N2O4S. The Kier molecular flexibility index (Phi) is 6.42. The highest BCUT2D eigenvalue weighted by atomic mass is 35.5. The van der Waals surface area contributed by atoms with Crippen LogP contribution in [0.1, 0.15) is 16.8 Å². The molecule has 6 nitrogen and oxygen atoms in total. The molecule has 0 aliphatic heterocycles. The number of primary sulfonamides is 1. The largest absolute Gasteiger partial charge is 0.385 e. The average Bonchev–Trinajstić information content (AvgIpc) is 2.36. The van der Waals surface area contributed by atoms with E-state index in [0.717, 1.165) is 6.07 Å². The van der Waals surface area contributed by atoms with Crippen LogP contribution in [-0.4, -0.2) is 46.5 Å². The number of methoxy groups -OCH3 is 1. The van der Waals surface area contributed by atoms with E-state index in [0.29, 0.717) is 19.6 Å². The van der Waals surface area contributed by atoms with Crippen LogP contribution in [0, 0.1) is 0 Å². The number of rotatable bonds is 6. The molecule has 1 aromatic carbocycles. The molecule has 0 saturated carbocycles. The number of benzene rings is 1. The molecule has 1 rings (SSSR count). The highest BCUT2D eigenvalue weighted by Gasteiger charge is 2.21. The second-order valence-corrected chi connectivity index (χ2v) is 6.72. The summed E-state index contributed by atoms with van der Waals surface area (Å²) in [6.45, 7) is 0.949. The van der Waals surface area contributed by atoms with Gasteiger partial charge in [0.1, 0.15) is 4.90 Å².